The molecule has 0 spiro atoms. The first-order chi connectivity index (χ1) is 7.02. The fourth-order valence-corrected chi connectivity index (χ4v) is 2.21. The molecule has 0 aromatic carbocycles. The van der Waals surface area contributed by atoms with Crippen molar-refractivity contribution >= 4 is 0 Å². The van der Waals surface area contributed by atoms with Crippen molar-refractivity contribution in [2.75, 3.05) is 13.1 Å². The standard InChI is InChI=1S/C8H8F3N3O/c9-8(10,11)5-13-6(15-14-5)7-1-4(7)2-12-3-7/h4,12H,1-3H2. The highest BCUT2D eigenvalue weighted by atomic mass is 19.4. The Morgan fingerprint density at radius 3 is 2.73 bits per heavy atom. The van der Waals surface area contributed by atoms with E-state index >= 15 is 0 Å². The maximum Gasteiger partial charge on any atom is 0.455 e. The first-order valence-electron chi connectivity index (χ1n) is 4.64. The fourth-order valence-electron chi connectivity index (χ4n) is 2.21. The molecule has 1 saturated heterocycles. The van der Waals surface area contributed by atoms with Crippen molar-refractivity contribution in [1.82, 2.24) is 15.5 Å². The Morgan fingerprint density at radius 2 is 2.27 bits per heavy atom. The third kappa shape index (κ3) is 1.19. The van der Waals surface area contributed by atoms with Crippen LogP contribution in [0, 0.1) is 5.92 Å². The van der Waals surface area contributed by atoms with E-state index in [1.807, 2.05) is 0 Å². The van der Waals surface area contributed by atoms with E-state index in [4.69, 9.17) is 4.52 Å². The molecule has 0 radical (unpaired) electrons. The van der Waals surface area contributed by atoms with Crippen molar-refractivity contribution in [3.8, 4) is 0 Å². The predicted molar refractivity (Wildman–Crippen MR) is 42.0 cm³/mol. The maximum absolute atomic E-state index is 12.2. The fraction of sp³-hybridized carbons (Fsp3) is 0.750. The summed E-state index contributed by atoms with van der Waals surface area (Å²) in [6, 6.07) is 0. The van der Waals surface area contributed by atoms with Crippen molar-refractivity contribution in [2.24, 2.45) is 5.92 Å². The number of piperidine rings is 1. The lowest BCUT2D eigenvalue weighted by molar-refractivity contribution is -0.146. The molecule has 2 aliphatic rings. The van der Waals surface area contributed by atoms with Crippen molar-refractivity contribution in [3.05, 3.63) is 11.7 Å². The van der Waals surface area contributed by atoms with Crippen molar-refractivity contribution < 1.29 is 17.7 Å². The van der Waals surface area contributed by atoms with Gasteiger partial charge in [-0.25, -0.2) is 0 Å². The average molecular weight is 219 g/mol. The Balaban J connectivity index is 1.92. The highest BCUT2D eigenvalue weighted by Gasteiger charge is 2.62. The summed E-state index contributed by atoms with van der Waals surface area (Å²) in [6.07, 6.45) is -3.67. The molecule has 82 valence electrons. The van der Waals surface area contributed by atoms with Crippen LogP contribution in [0.1, 0.15) is 18.1 Å². The number of hydrogen-bond acceptors (Lipinski definition) is 4. The van der Waals surface area contributed by atoms with Gasteiger partial charge in [0.2, 0.25) is 5.89 Å². The van der Waals surface area contributed by atoms with E-state index in [9.17, 15) is 13.2 Å². The molecule has 0 amide bonds. The summed E-state index contributed by atoms with van der Waals surface area (Å²) in [5.74, 6) is -0.687. The summed E-state index contributed by atoms with van der Waals surface area (Å²) in [5.41, 5.74) is -0.309. The van der Waals surface area contributed by atoms with Crippen molar-refractivity contribution in [2.45, 2.75) is 18.0 Å². The highest BCUT2D eigenvalue weighted by Crippen LogP contribution is 2.55. The van der Waals surface area contributed by atoms with Gasteiger partial charge in [-0.2, -0.15) is 18.2 Å². The molecule has 7 heteroatoms. The van der Waals surface area contributed by atoms with Gasteiger partial charge in [0, 0.05) is 6.54 Å². The van der Waals surface area contributed by atoms with Gasteiger partial charge in [-0.05, 0) is 18.9 Å². The van der Waals surface area contributed by atoms with Gasteiger partial charge in [-0.1, -0.05) is 5.16 Å². The van der Waals surface area contributed by atoms with Gasteiger partial charge in [0.05, 0.1) is 5.41 Å². The summed E-state index contributed by atoms with van der Waals surface area (Å²) in [5, 5.41) is 6.07. The molecule has 0 bridgehead atoms. The third-order valence-corrected chi connectivity index (χ3v) is 3.17. The predicted octanol–water partition coefficient (Wildman–Crippen LogP) is 0.949. The Hall–Kier alpha value is -1.11. The zero-order valence-electron chi connectivity index (χ0n) is 7.64. The van der Waals surface area contributed by atoms with E-state index in [1.165, 1.54) is 0 Å². The molecule has 1 aromatic heterocycles. The lowest BCUT2D eigenvalue weighted by Crippen LogP contribution is -2.19. The number of nitrogens with one attached hydrogen (secondary N) is 1. The van der Waals surface area contributed by atoms with Crippen LogP contribution in [0.5, 0.6) is 0 Å². The van der Waals surface area contributed by atoms with Crippen LogP contribution in [0.4, 0.5) is 13.2 Å². The third-order valence-electron chi connectivity index (χ3n) is 3.17. The van der Waals surface area contributed by atoms with E-state index < -0.39 is 12.0 Å². The molecule has 2 atom stereocenters. The average Bonchev–Trinajstić information content (AvgIpc) is 2.63. The summed E-state index contributed by atoms with van der Waals surface area (Å²) in [4.78, 5) is 3.43. The lowest BCUT2D eigenvalue weighted by Gasteiger charge is -2.03. The van der Waals surface area contributed by atoms with E-state index in [-0.39, 0.29) is 11.3 Å². The van der Waals surface area contributed by atoms with Gasteiger partial charge in [-0.3, -0.25) is 0 Å². The molecule has 4 nitrogen and oxygen atoms in total. The van der Waals surface area contributed by atoms with Gasteiger partial charge < -0.3 is 9.84 Å². The van der Waals surface area contributed by atoms with Gasteiger partial charge in [0.1, 0.15) is 0 Å². The molecule has 2 heterocycles. The molecule has 3 rings (SSSR count). The number of hydrogen-bond donors (Lipinski definition) is 1. The minimum Gasteiger partial charge on any atom is -0.338 e. The van der Waals surface area contributed by atoms with Crippen LogP contribution in [0.3, 0.4) is 0 Å². The number of aromatic nitrogens is 2. The second-order valence-electron chi connectivity index (χ2n) is 4.11. The van der Waals surface area contributed by atoms with E-state index in [0.717, 1.165) is 13.0 Å². The van der Waals surface area contributed by atoms with Crippen LogP contribution in [-0.2, 0) is 11.6 Å². The summed E-state index contributed by atoms with van der Waals surface area (Å²) >= 11 is 0. The number of halogens is 3. The second-order valence-corrected chi connectivity index (χ2v) is 4.11. The van der Waals surface area contributed by atoms with Gasteiger partial charge in [0.15, 0.2) is 0 Å². The van der Waals surface area contributed by atoms with Crippen LogP contribution >= 0.6 is 0 Å². The number of alkyl halides is 3. The van der Waals surface area contributed by atoms with Crippen molar-refractivity contribution in [1.29, 1.82) is 0 Å². The van der Waals surface area contributed by atoms with Crippen LogP contribution < -0.4 is 5.32 Å². The van der Waals surface area contributed by atoms with E-state index in [0.29, 0.717) is 12.5 Å². The Bertz CT molecular complexity index is 402. The number of fused-ring (bicyclic) bond motifs is 1. The molecule has 1 aliphatic carbocycles. The van der Waals surface area contributed by atoms with Gasteiger partial charge in [-0.15, -0.1) is 0 Å². The maximum atomic E-state index is 12.2. The molecule has 1 aromatic rings. The number of rotatable bonds is 1. The molecule has 1 saturated carbocycles. The molecule has 15 heavy (non-hydrogen) atoms. The SMILES string of the molecule is FC(F)(F)c1noc(C23CNCC2C3)n1. The number of nitrogens with zero attached hydrogens (tertiary/aromatic N) is 2. The first-order valence-corrected chi connectivity index (χ1v) is 4.64. The lowest BCUT2D eigenvalue weighted by atomic mass is 10.1. The highest BCUT2D eigenvalue weighted by molar-refractivity contribution is 5.25. The Kier molecular flexibility index (Phi) is 1.54. The normalized spacial score (nSPS) is 34.2. The van der Waals surface area contributed by atoms with E-state index in [2.05, 4.69) is 15.5 Å². The van der Waals surface area contributed by atoms with Crippen LogP contribution in [0.15, 0.2) is 4.52 Å². The summed E-state index contributed by atoms with van der Waals surface area (Å²) in [6.45, 7) is 1.46. The minimum atomic E-state index is -4.52. The van der Waals surface area contributed by atoms with Crippen LogP contribution in [0.25, 0.3) is 0 Å². The molecule has 1 aliphatic heterocycles. The molecule has 2 fully saturated rings. The monoisotopic (exact) mass is 219 g/mol. The second kappa shape index (κ2) is 2.52. The minimum absolute atomic E-state index is 0.129. The molecular weight excluding hydrogens is 211 g/mol. The Labute approximate surface area is 82.8 Å². The van der Waals surface area contributed by atoms with Gasteiger partial charge in [0.25, 0.3) is 5.82 Å². The summed E-state index contributed by atoms with van der Waals surface area (Å²) in [7, 11) is 0. The largest absolute Gasteiger partial charge is 0.455 e. The van der Waals surface area contributed by atoms with Crippen LogP contribution in [0.2, 0.25) is 0 Å². The topological polar surface area (TPSA) is 51.0 Å². The van der Waals surface area contributed by atoms with Gasteiger partial charge >= 0.3 is 6.18 Å². The van der Waals surface area contributed by atoms with Crippen LogP contribution in [-0.4, -0.2) is 23.2 Å². The van der Waals surface area contributed by atoms with E-state index in [1.54, 1.807) is 0 Å². The molecule has 1 N–H and O–H groups in total. The summed E-state index contributed by atoms with van der Waals surface area (Å²) < 4.78 is 41.4. The zero-order chi connectivity index (χ0) is 10.7. The smallest absolute Gasteiger partial charge is 0.338 e. The van der Waals surface area contributed by atoms with Crippen molar-refractivity contribution in [3.63, 3.8) is 0 Å². The first kappa shape index (κ1) is 9.14. The quantitative estimate of drug-likeness (QED) is 0.764. The Morgan fingerprint density at radius 1 is 1.47 bits per heavy atom. The zero-order valence-corrected chi connectivity index (χ0v) is 7.64. The molecule has 2 unspecified atom stereocenters. The molecular formula is C8H8F3N3O.